The minimum atomic E-state index is -0.213. The number of nitrogens with one attached hydrogen (secondary N) is 1. The summed E-state index contributed by atoms with van der Waals surface area (Å²) in [4.78, 5) is 1.89. The van der Waals surface area contributed by atoms with Crippen molar-refractivity contribution >= 4 is 27.3 Å². The average Bonchev–Trinajstić information content (AvgIpc) is 2.47. The van der Waals surface area contributed by atoms with E-state index >= 15 is 0 Å². The van der Waals surface area contributed by atoms with E-state index in [1.807, 2.05) is 30.1 Å². The van der Waals surface area contributed by atoms with E-state index in [4.69, 9.17) is 0 Å². The molecule has 0 radical (unpaired) electrons. The second-order valence-electron chi connectivity index (χ2n) is 4.96. The molecule has 0 aliphatic rings. The number of benzene rings is 2. The molecular weight excluding hydrogens is 331 g/mol. The highest BCUT2D eigenvalue weighted by atomic mass is 79.9. The molecule has 0 aliphatic heterocycles. The molecule has 0 heterocycles. The van der Waals surface area contributed by atoms with Gasteiger partial charge in [-0.15, -0.1) is 0 Å². The minimum absolute atomic E-state index is 0.213. The molecular formula is C17H20BrFN2. The van der Waals surface area contributed by atoms with E-state index in [1.165, 1.54) is 6.07 Å². The van der Waals surface area contributed by atoms with E-state index in [9.17, 15) is 4.39 Å². The lowest BCUT2D eigenvalue weighted by Crippen LogP contribution is -2.18. The van der Waals surface area contributed by atoms with Crippen molar-refractivity contribution in [1.82, 2.24) is 5.32 Å². The smallest absolute Gasteiger partial charge is 0.146 e. The number of halogens is 2. The van der Waals surface area contributed by atoms with Crippen LogP contribution in [0.5, 0.6) is 0 Å². The molecule has 0 fully saturated rings. The summed E-state index contributed by atoms with van der Waals surface area (Å²) in [6.45, 7) is 3.87. The lowest BCUT2D eigenvalue weighted by molar-refractivity contribution is 0.627. The topological polar surface area (TPSA) is 15.3 Å². The summed E-state index contributed by atoms with van der Waals surface area (Å²) in [6.07, 6.45) is 1.09. The maximum absolute atomic E-state index is 14.0. The van der Waals surface area contributed by atoms with Gasteiger partial charge in [-0.2, -0.15) is 0 Å². The number of hydrogen-bond donors (Lipinski definition) is 1. The molecule has 1 N–H and O–H groups in total. The average molecular weight is 351 g/mol. The van der Waals surface area contributed by atoms with Crippen LogP contribution in [0.4, 0.5) is 15.8 Å². The van der Waals surface area contributed by atoms with E-state index in [0.29, 0.717) is 5.69 Å². The fraction of sp³-hybridized carbons (Fsp3) is 0.294. The third-order valence-electron chi connectivity index (χ3n) is 3.36. The molecule has 2 nitrogen and oxygen atoms in total. The van der Waals surface area contributed by atoms with Crippen LogP contribution in [0.25, 0.3) is 0 Å². The highest BCUT2D eigenvalue weighted by Crippen LogP contribution is 2.30. The standard InChI is InChI=1S/C17H20BrFN2/c1-3-10-20-12-13-11-14(18)8-9-16(13)21(2)17-7-5-4-6-15(17)19/h4-9,11,20H,3,10,12H2,1-2H3. The first kappa shape index (κ1) is 16.0. The molecule has 2 aromatic rings. The molecule has 0 bridgehead atoms. The van der Waals surface area contributed by atoms with E-state index < -0.39 is 0 Å². The molecule has 0 spiro atoms. The maximum Gasteiger partial charge on any atom is 0.146 e. The first-order valence-electron chi connectivity index (χ1n) is 7.11. The molecule has 112 valence electrons. The Hall–Kier alpha value is -1.39. The van der Waals surface area contributed by atoms with Crippen LogP contribution in [0.3, 0.4) is 0 Å². The number of anilines is 2. The first-order chi connectivity index (χ1) is 10.1. The third-order valence-corrected chi connectivity index (χ3v) is 3.85. The predicted octanol–water partition coefficient (Wildman–Crippen LogP) is 4.86. The summed E-state index contributed by atoms with van der Waals surface area (Å²) in [5.41, 5.74) is 2.73. The Balaban J connectivity index is 2.31. The van der Waals surface area contributed by atoms with Crippen molar-refractivity contribution in [3.05, 3.63) is 58.3 Å². The largest absolute Gasteiger partial charge is 0.342 e. The molecule has 21 heavy (non-hydrogen) atoms. The lowest BCUT2D eigenvalue weighted by Gasteiger charge is -2.23. The summed E-state index contributed by atoms with van der Waals surface area (Å²) < 4.78 is 15.0. The van der Waals surface area contributed by atoms with Gasteiger partial charge in [-0.25, -0.2) is 4.39 Å². The van der Waals surface area contributed by atoms with Crippen molar-refractivity contribution in [2.75, 3.05) is 18.5 Å². The quantitative estimate of drug-likeness (QED) is 0.748. The first-order valence-corrected chi connectivity index (χ1v) is 7.90. The summed E-state index contributed by atoms with van der Waals surface area (Å²) in [5.74, 6) is -0.213. The van der Waals surface area contributed by atoms with Gasteiger partial charge in [0.25, 0.3) is 0 Å². The Morgan fingerprint density at radius 3 is 2.62 bits per heavy atom. The normalized spacial score (nSPS) is 10.7. The van der Waals surface area contributed by atoms with Crippen LogP contribution in [0.1, 0.15) is 18.9 Å². The van der Waals surface area contributed by atoms with Gasteiger partial charge in [-0.1, -0.05) is 35.0 Å². The van der Waals surface area contributed by atoms with E-state index in [2.05, 4.69) is 34.2 Å². The predicted molar refractivity (Wildman–Crippen MR) is 90.6 cm³/mol. The second-order valence-corrected chi connectivity index (χ2v) is 5.88. The highest BCUT2D eigenvalue weighted by Gasteiger charge is 2.12. The highest BCUT2D eigenvalue weighted by molar-refractivity contribution is 9.10. The van der Waals surface area contributed by atoms with Gasteiger partial charge in [0, 0.05) is 23.8 Å². The summed E-state index contributed by atoms with van der Waals surface area (Å²) in [6, 6.07) is 12.9. The molecule has 2 aromatic carbocycles. The summed E-state index contributed by atoms with van der Waals surface area (Å²) in [5, 5.41) is 3.40. The van der Waals surface area contributed by atoms with E-state index in [0.717, 1.165) is 35.2 Å². The number of hydrogen-bond acceptors (Lipinski definition) is 2. The van der Waals surface area contributed by atoms with Crippen LogP contribution in [-0.2, 0) is 6.54 Å². The lowest BCUT2D eigenvalue weighted by atomic mass is 10.1. The van der Waals surface area contributed by atoms with Crippen molar-refractivity contribution in [3.63, 3.8) is 0 Å². The zero-order valence-electron chi connectivity index (χ0n) is 12.4. The Morgan fingerprint density at radius 2 is 1.90 bits per heavy atom. The SMILES string of the molecule is CCCNCc1cc(Br)ccc1N(C)c1ccccc1F. The Labute approximate surface area is 134 Å². The molecule has 0 atom stereocenters. The summed E-state index contributed by atoms with van der Waals surface area (Å²) in [7, 11) is 1.89. The molecule has 0 saturated heterocycles. The van der Waals surface area contributed by atoms with Crippen LogP contribution in [-0.4, -0.2) is 13.6 Å². The molecule has 0 amide bonds. The number of para-hydroxylation sites is 1. The molecule has 4 heteroatoms. The van der Waals surface area contributed by atoms with Crippen molar-refractivity contribution in [1.29, 1.82) is 0 Å². The van der Waals surface area contributed by atoms with Crippen molar-refractivity contribution in [3.8, 4) is 0 Å². The van der Waals surface area contributed by atoms with Crippen LogP contribution >= 0.6 is 15.9 Å². The zero-order chi connectivity index (χ0) is 15.2. The monoisotopic (exact) mass is 350 g/mol. The van der Waals surface area contributed by atoms with E-state index in [1.54, 1.807) is 12.1 Å². The Bertz CT molecular complexity index is 601. The molecule has 0 saturated carbocycles. The second kappa shape index (κ2) is 7.57. The van der Waals surface area contributed by atoms with E-state index in [-0.39, 0.29) is 5.82 Å². The van der Waals surface area contributed by atoms with Gasteiger partial charge in [0.15, 0.2) is 0 Å². The van der Waals surface area contributed by atoms with Crippen LogP contribution < -0.4 is 10.2 Å². The fourth-order valence-corrected chi connectivity index (χ4v) is 2.68. The zero-order valence-corrected chi connectivity index (χ0v) is 14.0. The molecule has 0 aromatic heterocycles. The third kappa shape index (κ3) is 4.05. The van der Waals surface area contributed by atoms with Gasteiger partial charge in [-0.05, 0) is 48.9 Å². The van der Waals surface area contributed by atoms with Crippen LogP contribution in [0.15, 0.2) is 46.9 Å². The number of rotatable bonds is 6. The van der Waals surface area contributed by atoms with Crippen LogP contribution in [0.2, 0.25) is 0 Å². The maximum atomic E-state index is 14.0. The van der Waals surface area contributed by atoms with Crippen molar-refractivity contribution in [2.24, 2.45) is 0 Å². The van der Waals surface area contributed by atoms with Crippen molar-refractivity contribution in [2.45, 2.75) is 19.9 Å². The molecule has 0 aliphatic carbocycles. The Kier molecular flexibility index (Phi) is 5.76. The number of nitrogens with zero attached hydrogens (tertiary/aromatic N) is 1. The Morgan fingerprint density at radius 1 is 1.14 bits per heavy atom. The summed E-state index contributed by atoms with van der Waals surface area (Å²) >= 11 is 3.50. The minimum Gasteiger partial charge on any atom is -0.342 e. The van der Waals surface area contributed by atoms with Crippen molar-refractivity contribution < 1.29 is 4.39 Å². The molecule has 0 unspecified atom stereocenters. The van der Waals surface area contributed by atoms with Gasteiger partial charge in [-0.3, -0.25) is 0 Å². The van der Waals surface area contributed by atoms with Gasteiger partial charge < -0.3 is 10.2 Å². The van der Waals surface area contributed by atoms with Gasteiger partial charge >= 0.3 is 0 Å². The molecule has 2 rings (SSSR count). The van der Waals surface area contributed by atoms with Gasteiger partial charge in [0.2, 0.25) is 0 Å². The fourth-order valence-electron chi connectivity index (χ4n) is 2.28. The van der Waals surface area contributed by atoms with Gasteiger partial charge in [0.05, 0.1) is 5.69 Å². The van der Waals surface area contributed by atoms with Crippen LogP contribution in [0, 0.1) is 5.82 Å². The van der Waals surface area contributed by atoms with Gasteiger partial charge in [0.1, 0.15) is 5.82 Å².